The van der Waals surface area contributed by atoms with Gasteiger partial charge in [0, 0.05) is 19.0 Å². The van der Waals surface area contributed by atoms with Gasteiger partial charge in [0.2, 0.25) is 5.91 Å². The molecule has 0 fully saturated rings. The van der Waals surface area contributed by atoms with Crippen molar-refractivity contribution in [1.82, 2.24) is 9.80 Å². The van der Waals surface area contributed by atoms with Crippen LogP contribution in [0.25, 0.3) is 0 Å². The number of rotatable bonds is 13. The first kappa shape index (κ1) is 21.8. The van der Waals surface area contributed by atoms with E-state index >= 15 is 0 Å². The summed E-state index contributed by atoms with van der Waals surface area (Å²) in [6.07, 6.45) is 2.63. The largest absolute Gasteiger partial charge is 0.480 e. The minimum Gasteiger partial charge on any atom is -0.480 e. The summed E-state index contributed by atoms with van der Waals surface area (Å²) in [5, 5.41) is 26.7. The van der Waals surface area contributed by atoms with Crippen molar-refractivity contribution in [2.75, 3.05) is 26.2 Å². The molecule has 0 aliphatic heterocycles. The first-order valence-corrected chi connectivity index (χ1v) is 7.84. The molecule has 1 amide bonds. The number of carboxylic acid groups (broad SMARTS) is 3. The highest BCUT2D eigenvalue weighted by Crippen LogP contribution is 2.09. The molecule has 0 heterocycles. The van der Waals surface area contributed by atoms with Crippen LogP contribution in [-0.2, 0) is 19.2 Å². The van der Waals surface area contributed by atoms with Crippen molar-refractivity contribution >= 4 is 23.8 Å². The van der Waals surface area contributed by atoms with Gasteiger partial charge in [0.15, 0.2) is 0 Å². The smallest absolute Gasteiger partial charge is 0.323 e. The highest BCUT2D eigenvalue weighted by atomic mass is 16.4. The van der Waals surface area contributed by atoms with E-state index in [1.54, 1.807) is 6.92 Å². The standard InChI is InChI=1S/C15H26N2O7/c1-3-4-5-6-12(18)17(10-15(23)24)11(2)7-16(8-13(19)20)9-14(21)22/h11H,3-10H2,1-2H3,(H,19,20)(H,21,22)(H,23,24). The third kappa shape index (κ3) is 9.78. The van der Waals surface area contributed by atoms with E-state index in [0.29, 0.717) is 6.42 Å². The quantitative estimate of drug-likeness (QED) is 0.406. The third-order valence-corrected chi connectivity index (χ3v) is 3.39. The maximum absolute atomic E-state index is 12.2. The van der Waals surface area contributed by atoms with E-state index in [1.807, 2.05) is 6.92 Å². The fourth-order valence-corrected chi connectivity index (χ4v) is 2.35. The summed E-state index contributed by atoms with van der Waals surface area (Å²) in [6.45, 7) is 2.03. The van der Waals surface area contributed by atoms with Crippen LogP contribution in [0.5, 0.6) is 0 Å². The zero-order chi connectivity index (χ0) is 18.7. The van der Waals surface area contributed by atoms with Crippen LogP contribution >= 0.6 is 0 Å². The van der Waals surface area contributed by atoms with Crippen molar-refractivity contribution < 1.29 is 34.5 Å². The molecule has 0 aromatic carbocycles. The number of carbonyl (C=O) groups is 4. The Kier molecular flexibility index (Phi) is 10.4. The molecule has 0 saturated carbocycles. The molecule has 0 bridgehead atoms. The normalized spacial score (nSPS) is 12.0. The lowest BCUT2D eigenvalue weighted by Gasteiger charge is -2.31. The molecule has 0 radical (unpaired) electrons. The summed E-state index contributed by atoms with van der Waals surface area (Å²) in [6, 6.07) is -0.617. The Balaban J connectivity index is 4.94. The molecule has 24 heavy (non-hydrogen) atoms. The van der Waals surface area contributed by atoms with Gasteiger partial charge in [-0.15, -0.1) is 0 Å². The maximum atomic E-state index is 12.2. The van der Waals surface area contributed by atoms with E-state index in [2.05, 4.69) is 0 Å². The summed E-state index contributed by atoms with van der Waals surface area (Å²) < 4.78 is 0. The Morgan fingerprint density at radius 3 is 1.79 bits per heavy atom. The number of amides is 1. The van der Waals surface area contributed by atoms with E-state index in [4.69, 9.17) is 15.3 Å². The molecule has 1 atom stereocenters. The lowest BCUT2D eigenvalue weighted by atomic mass is 10.1. The predicted molar refractivity (Wildman–Crippen MR) is 84.7 cm³/mol. The Labute approximate surface area is 140 Å². The molecule has 0 aliphatic rings. The van der Waals surface area contributed by atoms with Crippen LogP contribution < -0.4 is 0 Å². The van der Waals surface area contributed by atoms with Gasteiger partial charge in [-0.25, -0.2) is 0 Å². The fourth-order valence-electron chi connectivity index (χ4n) is 2.35. The number of carbonyl (C=O) groups excluding carboxylic acids is 1. The molecule has 0 aromatic rings. The molecular formula is C15H26N2O7. The van der Waals surface area contributed by atoms with Gasteiger partial charge in [0.05, 0.1) is 13.1 Å². The van der Waals surface area contributed by atoms with Crippen LogP contribution in [-0.4, -0.2) is 81.2 Å². The summed E-state index contributed by atoms with van der Waals surface area (Å²) >= 11 is 0. The fraction of sp³-hybridized carbons (Fsp3) is 0.733. The summed E-state index contributed by atoms with van der Waals surface area (Å²) in [5.41, 5.74) is 0. The highest BCUT2D eigenvalue weighted by Gasteiger charge is 2.25. The zero-order valence-electron chi connectivity index (χ0n) is 14.1. The Hall–Kier alpha value is -2.16. The minimum absolute atomic E-state index is 0.0363. The SMILES string of the molecule is CCCCCC(=O)N(CC(=O)O)C(C)CN(CC(=O)O)CC(=O)O. The van der Waals surface area contributed by atoms with Crippen LogP contribution in [0.3, 0.4) is 0 Å². The Morgan fingerprint density at radius 1 is 0.875 bits per heavy atom. The highest BCUT2D eigenvalue weighted by molar-refractivity contribution is 5.81. The van der Waals surface area contributed by atoms with Crippen LogP contribution in [0.15, 0.2) is 0 Å². The molecule has 9 heteroatoms. The first-order valence-electron chi connectivity index (χ1n) is 7.84. The molecule has 1 unspecified atom stereocenters. The molecule has 0 aromatic heterocycles. The van der Waals surface area contributed by atoms with Gasteiger partial charge in [0.1, 0.15) is 6.54 Å². The number of carboxylic acids is 3. The number of aliphatic carboxylic acids is 3. The molecular weight excluding hydrogens is 320 g/mol. The summed E-state index contributed by atoms with van der Waals surface area (Å²) in [4.78, 5) is 47.2. The van der Waals surface area contributed by atoms with Crippen molar-refractivity contribution in [3.8, 4) is 0 Å². The number of hydrogen-bond donors (Lipinski definition) is 3. The van der Waals surface area contributed by atoms with E-state index in [-0.39, 0.29) is 18.9 Å². The lowest BCUT2D eigenvalue weighted by molar-refractivity contribution is -0.147. The third-order valence-electron chi connectivity index (χ3n) is 3.39. The van der Waals surface area contributed by atoms with Crippen molar-refractivity contribution in [2.45, 2.75) is 45.6 Å². The second-order valence-corrected chi connectivity index (χ2v) is 5.68. The van der Waals surface area contributed by atoms with Crippen LogP contribution in [0.2, 0.25) is 0 Å². The number of hydrogen-bond acceptors (Lipinski definition) is 5. The molecule has 0 rings (SSSR count). The average molecular weight is 346 g/mol. The lowest BCUT2D eigenvalue weighted by Crippen LogP contribution is -2.49. The molecule has 0 saturated heterocycles. The maximum Gasteiger partial charge on any atom is 0.323 e. The van der Waals surface area contributed by atoms with Gasteiger partial charge >= 0.3 is 17.9 Å². The monoisotopic (exact) mass is 346 g/mol. The molecule has 0 spiro atoms. The second kappa shape index (κ2) is 11.4. The van der Waals surface area contributed by atoms with Crippen LogP contribution in [0, 0.1) is 0 Å². The number of unbranched alkanes of at least 4 members (excludes halogenated alkanes) is 2. The van der Waals surface area contributed by atoms with Crippen LogP contribution in [0.4, 0.5) is 0 Å². The summed E-state index contributed by atoms with van der Waals surface area (Å²) in [5.74, 6) is -3.89. The van der Waals surface area contributed by atoms with Crippen molar-refractivity contribution in [1.29, 1.82) is 0 Å². The van der Waals surface area contributed by atoms with E-state index < -0.39 is 43.6 Å². The topological polar surface area (TPSA) is 135 Å². The molecule has 0 aliphatic carbocycles. The Bertz CT molecular complexity index is 437. The predicted octanol–water partition coefficient (Wildman–Crippen LogP) is 0.340. The van der Waals surface area contributed by atoms with Gasteiger partial charge in [-0.1, -0.05) is 19.8 Å². The summed E-state index contributed by atoms with van der Waals surface area (Å²) in [7, 11) is 0. The Morgan fingerprint density at radius 2 is 1.38 bits per heavy atom. The van der Waals surface area contributed by atoms with Crippen molar-refractivity contribution in [2.24, 2.45) is 0 Å². The molecule has 9 nitrogen and oxygen atoms in total. The average Bonchev–Trinajstić information content (AvgIpc) is 2.42. The van der Waals surface area contributed by atoms with E-state index in [0.717, 1.165) is 22.6 Å². The van der Waals surface area contributed by atoms with Gasteiger partial charge in [-0.3, -0.25) is 24.1 Å². The van der Waals surface area contributed by atoms with Crippen LogP contribution in [0.1, 0.15) is 39.5 Å². The van der Waals surface area contributed by atoms with E-state index in [9.17, 15) is 19.2 Å². The van der Waals surface area contributed by atoms with E-state index in [1.165, 1.54) is 0 Å². The van der Waals surface area contributed by atoms with Gasteiger partial charge < -0.3 is 20.2 Å². The second-order valence-electron chi connectivity index (χ2n) is 5.68. The van der Waals surface area contributed by atoms with Gasteiger partial charge in [0.25, 0.3) is 0 Å². The number of nitrogens with zero attached hydrogens (tertiary/aromatic N) is 2. The molecule has 138 valence electrons. The molecule has 3 N–H and O–H groups in total. The van der Waals surface area contributed by atoms with Gasteiger partial charge in [-0.2, -0.15) is 0 Å². The zero-order valence-corrected chi connectivity index (χ0v) is 14.1. The van der Waals surface area contributed by atoms with Crippen molar-refractivity contribution in [3.05, 3.63) is 0 Å². The van der Waals surface area contributed by atoms with Gasteiger partial charge in [-0.05, 0) is 13.3 Å². The first-order chi connectivity index (χ1) is 11.2. The van der Waals surface area contributed by atoms with Crippen molar-refractivity contribution in [3.63, 3.8) is 0 Å². The minimum atomic E-state index is -1.19.